The molecule has 1 aliphatic carbocycles. The van der Waals surface area contributed by atoms with Gasteiger partial charge in [-0.2, -0.15) is 0 Å². The molecule has 13 heavy (non-hydrogen) atoms. The van der Waals surface area contributed by atoms with Crippen molar-refractivity contribution in [3.8, 4) is 0 Å². The molecule has 1 aliphatic rings. The summed E-state index contributed by atoms with van der Waals surface area (Å²) in [4.78, 5) is 21.9. The van der Waals surface area contributed by atoms with Crippen molar-refractivity contribution in [2.24, 2.45) is 23.5 Å². The van der Waals surface area contributed by atoms with Gasteiger partial charge >= 0.3 is 0 Å². The van der Waals surface area contributed by atoms with Crippen LogP contribution in [0.3, 0.4) is 0 Å². The highest BCUT2D eigenvalue weighted by Crippen LogP contribution is 2.36. The van der Waals surface area contributed by atoms with Crippen LogP contribution in [-0.4, -0.2) is 11.8 Å². The van der Waals surface area contributed by atoms with Crippen molar-refractivity contribution in [2.45, 2.75) is 19.3 Å². The third-order valence-electron chi connectivity index (χ3n) is 2.51. The van der Waals surface area contributed by atoms with Crippen LogP contribution in [0.4, 0.5) is 0 Å². The molecule has 2 amide bonds. The molecule has 0 spiro atoms. The molecule has 0 aromatic carbocycles. The van der Waals surface area contributed by atoms with Gasteiger partial charge in [0, 0.05) is 12.3 Å². The quantitative estimate of drug-likeness (QED) is 0.241. The molecule has 74 valence electrons. The van der Waals surface area contributed by atoms with Crippen molar-refractivity contribution in [3.05, 3.63) is 0 Å². The lowest BCUT2D eigenvalue weighted by atomic mass is 9.71. The van der Waals surface area contributed by atoms with Crippen molar-refractivity contribution >= 4 is 11.8 Å². The van der Waals surface area contributed by atoms with Crippen LogP contribution in [0, 0.1) is 11.8 Å². The maximum absolute atomic E-state index is 11.1. The minimum Gasteiger partial charge on any atom is -0.294 e. The van der Waals surface area contributed by atoms with Crippen LogP contribution in [0.15, 0.2) is 0 Å². The Labute approximate surface area is 76.0 Å². The molecule has 0 unspecified atom stereocenters. The van der Waals surface area contributed by atoms with E-state index in [1.807, 2.05) is 5.43 Å². The van der Waals surface area contributed by atoms with E-state index in [0.717, 1.165) is 12.8 Å². The molecule has 0 aromatic heterocycles. The molecule has 1 fully saturated rings. The van der Waals surface area contributed by atoms with Gasteiger partial charge in [0.2, 0.25) is 11.8 Å². The van der Waals surface area contributed by atoms with E-state index in [1.165, 1.54) is 0 Å². The molecule has 0 saturated heterocycles. The van der Waals surface area contributed by atoms with E-state index in [0.29, 0.717) is 6.42 Å². The van der Waals surface area contributed by atoms with Crippen LogP contribution in [0.1, 0.15) is 19.3 Å². The van der Waals surface area contributed by atoms with Gasteiger partial charge in [-0.25, -0.2) is 11.7 Å². The second-order valence-electron chi connectivity index (χ2n) is 3.22. The lowest BCUT2D eigenvalue weighted by Gasteiger charge is -2.34. The summed E-state index contributed by atoms with van der Waals surface area (Å²) in [5, 5.41) is 0. The summed E-state index contributed by atoms with van der Waals surface area (Å²) in [6, 6.07) is 0. The van der Waals surface area contributed by atoms with E-state index < -0.39 is 0 Å². The molecule has 1 saturated carbocycles. The molecule has 0 aliphatic heterocycles. The molecule has 2 atom stereocenters. The van der Waals surface area contributed by atoms with Crippen molar-refractivity contribution in [3.63, 3.8) is 0 Å². The molecule has 6 heteroatoms. The van der Waals surface area contributed by atoms with Gasteiger partial charge in [-0.3, -0.25) is 20.4 Å². The van der Waals surface area contributed by atoms with E-state index in [1.54, 1.807) is 0 Å². The Bertz CT molecular complexity index is 219. The molecule has 6 nitrogen and oxygen atoms in total. The van der Waals surface area contributed by atoms with Crippen LogP contribution in [-0.2, 0) is 9.59 Å². The predicted molar refractivity (Wildman–Crippen MR) is 45.5 cm³/mol. The van der Waals surface area contributed by atoms with Crippen LogP contribution >= 0.6 is 0 Å². The van der Waals surface area contributed by atoms with Crippen molar-refractivity contribution < 1.29 is 9.59 Å². The van der Waals surface area contributed by atoms with Gasteiger partial charge in [-0.15, -0.1) is 0 Å². The van der Waals surface area contributed by atoms with Crippen LogP contribution in [0.2, 0.25) is 0 Å². The Hall–Kier alpha value is -1.14. The molecule has 1 rings (SSSR count). The van der Waals surface area contributed by atoms with Gasteiger partial charge in [0.05, 0.1) is 0 Å². The highest BCUT2D eigenvalue weighted by Gasteiger charge is 2.37. The standard InChI is InChI=1S/C7H14N4O2/c8-10-6(12)3-4-1-2-5(4)7(13)11-9/h4-5H,1-3,8-9H2,(H,10,12)(H,11,13)/t4-,5+/m0/s1. The number of carbonyl (C=O) groups is 2. The molecule has 6 N–H and O–H groups in total. The van der Waals surface area contributed by atoms with E-state index >= 15 is 0 Å². The highest BCUT2D eigenvalue weighted by atomic mass is 16.2. The number of nitrogens with two attached hydrogens (primary N) is 2. The minimum absolute atomic E-state index is 0.0899. The monoisotopic (exact) mass is 186 g/mol. The number of hydrogen-bond acceptors (Lipinski definition) is 4. The normalized spacial score (nSPS) is 26.0. The predicted octanol–water partition coefficient (Wildman–Crippen LogP) is -1.62. The summed E-state index contributed by atoms with van der Waals surface area (Å²) in [6.07, 6.45) is 1.98. The van der Waals surface area contributed by atoms with E-state index in [-0.39, 0.29) is 23.7 Å². The summed E-state index contributed by atoms with van der Waals surface area (Å²) in [5.74, 6) is 9.45. The third kappa shape index (κ3) is 2.16. The molecule has 0 radical (unpaired) electrons. The number of amides is 2. The summed E-state index contributed by atoms with van der Waals surface area (Å²) in [6.45, 7) is 0. The van der Waals surface area contributed by atoms with Gasteiger partial charge in [0.15, 0.2) is 0 Å². The molecule has 0 aromatic rings. The van der Waals surface area contributed by atoms with Gasteiger partial charge in [0.25, 0.3) is 0 Å². The number of hydrazine groups is 2. The Morgan fingerprint density at radius 1 is 1.23 bits per heavy atom. The van der Waals surface area contributed by atoms with Gasteiger partial charge < -0.3 is 0 Å². The second kappa shape index (κ2) is 4.20. The first kappa shape index (κ1) is 9.94. The minimum atomic E-state index is -0.237. The van der Waals surface area contributed by atoms with Crippen LogP contribution < -0.4 is 22.5 Å². The Morgan fingerprint density at radius 3 is 2.31 bits per heavy atom. The maximum Gasteiger partial charge on any atom is 0.237 e. The van der Waals surface area contributed by atoms with E-state index in [2.05, 4.69) is 5.43 Å². The van der Waals surface area contributed by atoms with Gasteiger partial charge in [-0.1, -0.05) is 0 Å². The number of carbonyl (C=O) groups excluding carboxylic acids is 2. The second-order valence-corrected chi connectivity index (χ2v) is 3.22. The Balaban J connectivity index is 2.36. The summed E-state index contributed by atoms with van der Waals surface area (Å²) in [7, 11) is 0. The summed E-state index contributed by atoms with van der Waals surface area (Å²) < 4.78 is 0. The lowest BCUT2D eigenvalue weighted by Crippen LogP contribution is -2.45. The number of hydrogen-bond donors (Lipinski definition) is 4. The van der Waals surface area contributed by atoms with Crippen LogP contribution in [0.25, 0.3) is 0 Å². The third-order valence-corrected chi connectivity index (χ3v) is 2.51. The van der Waals surface area contributed by atoms with Crippen molar-refractivity contribution in [1.82, 2.24) is 10.9 Å². The largest absolute Gasteiger partial charge is 0.294 e. The van der Waals surface area contributed by atoms with Crippen molar-refractivity contribution in [1.29, 1.82) is 0 Å². The fourth-order valence-electron chi connectivity index (χ4n) is 1.56. The molecular formula is C7H14N4O2. The van der Waals surface area contributed by atoms with Gasteiger partial charge in [0.1, 0.15) is 0 Å². The molecular weight excluding hydrogens is 172 g/mol. The summed E-state index contributed by atoms with van der Waals surface area (Å²) >= 11 is 0. The highest BCUT2D eigenvalue weighted by molar-refractivity contribution is 5.81. The first-order chi connectivity index (χ1) is 6.19. The fraction of sp³-hybridized carbons (Fsp3) is 0.714. The van der Waals surface area contributed by atoms with Crippen molar-refractivity contribution in [2.75, 3.05) is 0 Å². The SMILES string of the molecule is NNC(=O)C[C@@H]1CC[C@H]1C(=O)NN. The Morgan fingerprint density at radius 2 is 1.92 bits per heavy atom. The van der Waals surface area contributed by atoms with E-state index in [9.17, 15) is 9.59 Å². The molecule has 0 bridgehead atoms. The maximum atomic E-state index is 11.1. The lowest BCUT2D eigenvalue weighted by molar-refractivity contribution is -0.132. The van der Waals surface area contributed by atoms with Gasteiger partial charge in [-0.05, 0) is 18.8 Å². The number of nitrogens with one attached hydrogen (secondary N) is 2. The zero-order valence-corrected chi connectivity index (χ0v) is 7.25. The first-order valence-electron chi connectivity index (χ1n) is 4.19. The number of rotatable bonds is 3. The smallest absolute Gasteiger partial charge is 0.237 e. The summed E-state index contributed by atoms with van der Waals surface area (Å²) in [5.41, 5.74) is 4.13. The zero-order valence-electron chi connectivity index (χ0n) is 7.25. The Kier molecular flexibility index (Phi) is 3.21. The topological polar surface area (TPSA) is 110 Å². The van der Waals surface area contributed by atoms with Crippen LogP contribution in [0.5, 0.6) is 0 Å². The average Bonchev–Trinajstić information content (AvgIpc) is 2.11. The molecule has 0 heterocycles. The van der Waals surface area contributed by atoms with E-state index in [4.69, 9.17) is 11.7 Å². The first-order valence-corrected chi connectivity index (χ1v) is 4.19. The zero-order chi connectivity index (χ0) is 9.84. The average molecular weight is 186 g/mol. The fourth-order valence-corrected chi connectivity index (χ4v) is 1.56.